The SMILES string of the molecule is O=C(O)CCC(=O)C(Cl)(Cl)Cl. The maximum atomic E-state index is 10.7. The van der Waals surface area contributed by atoms with Crippen molar-refractivity contribution in [2.75, 3.05) is 0 Å². The van der Waals surface area contributed by atoms with Gasteiger partial charge in [0.05, 0.1) is 6.42 Å². The monoisotopic (exact) mass is 218 g/mol. The Bertz CT molecular complexity index is 172. The van der Waals surface area contributed by atoms with E-state index in [2.05, 4.69) is 0 Å². The van der Waals surface area contributed by atoms with Gasteiger partial charge in [-0.25, -0.2) is 0 Å². The Balaban J connectivity index is 3.80. The normalized spacial score (nSPS) is 11.2. The highest BCUT2D eigenvalue weighted by atomic mass is 35.6. The van der Waals surface area contributed by atoms with Crippen molar-refractivity contribution in [2.24, 2.45) is 0 Å². The zero-order valence-electron chi connectivity index (χ0n) is 5.31. The van der Waals surface area contributed by atoms with Gasteiger partial charge in [-0.3, -0.25) is 9.59 Å². The molecule has 64 valence electrons. The maximum Gasteiger partial charge on any atom is 0.303 e. The van der Waals surface area contributed by atoms with Crippen molar-refractivity contribution in [3.8, 4) is 0 Å². The predicted molar refractivity (Wildman–Crippen MR) is 42.2 cm³/mol. The second-order valence-corrected chi connectivity index (χ2v) is 4.10. The van der Waals surface area contributed by atoms with E-state index in [0.717, 1.165) is 0 Å². The third-order valence-electron chi connectivity index (χ3n) is 0.882. The topological polar surface area (TPSA) is 54.4 Å². The number of carbonyl (C=O) groups is 2. The average Bonchev–Trinajstić information content (AvgIpc) is 1.80. The third-order valence-corrected chi connectivity index (χ3v) is 1.51. The number of alkyl halides is 3. The van der Waals surface area contributed by atoms with Gasteiger partial charge in [0.1, 0.15) is 0 Å². The molecule has 0 radical (unpaired) electrons. The van der Waals surface area contributed by atoms with Crippen LogP contribution in [0.1, 0.15) is 12.8 Å². The Kier molecular flexibility index (Phi) is 4.14. The molecule has 0 saturated heterocycles. The summed E-state index contributed by atoms with van der Waals surface area (Å²) >= 11 is 15.5. The number of hydrogen-bond donors (Lipinski definition) is 1. The summed E-state index contributed by atoms with van der Waals surface area (Å²) in [7, 11) is 0. The molecule has 0 unspecified atom stereocenters. The van der Waals surface area contributed by atoms with Gasteiger partial charge in [-0.05, 0) is 0 Å². The van der Waals surface area contributed by atoms with Gasteiger partial charge in [0.25, 0.3) is 0 Å². The van der Waals surface area contributed by atoms with Crippen LogP contribution in [0, 0.1) is 0 Å². The van der Waals surface area contributed by atoms with Crippen LogP contribution in [0.4, 0.5) is 0 Å². The number of ketones is 1. The first-order valence-corrected chi connectivity index (χ1v) is 3.79. The number of halogens is 3. The van der Waals surface area contributed by atoms with E-state index in [9.17, 15) is 9.59 Å². The average molecular weight is 219 g/mol. The molecule has 11 heavy (non-hydrogen) atoms. The molecule has 0 aromatic carbocycles. The second-order valence-electron chi connectivity index (χ2n) is 1.81. The minimum atomic E-state index is -1.99. The van der Waals surface area contributed by atoms with Crippen molar-refractivity contribution in [1.82, 2.24) is 0 Å². The van der Waals surface area contributed by atoms with Gasteiger partial charge in [-0.1, -0.05) is 34.8 Å². The van der Waals surface area contributed by atoms with Crippen molar-refractivity contribution in [2.45, 2.75) is 16.6 Å². The number of Topliss-reactive ketones (excluding diaryl/α,β-unsaturated/α-hetero) is 1. The first-order valence-electron chi connectivity index (χ1n) is 2.66. The summed E-state index contributed by atoms with van der Waals surface area (Å²) < 4.78 is -1.99. The molecule has 0 amide bonds. The van der Waals surface area contributed by atoms with Crippen LogP contribution in [0.15, 0.2) is 0 Å². The first kappa shape index (κ1) is 11.0. The van der Waals surface area contributed by atoms with E-state index in [0.29, 0.717) is 0 Å². The quantitative estimate of drug-likeness (QED) is 0.736. The zero-order chi connectivity index (χ0) is 9.07. The van der Waals surface area contributed by atoms with Crippen molar-refractivity contribution in [3.63, 3.8) is 0 Å². The molecule has 0 aliphatic carbocycles. The highest BCUT2D eigenvalue weighted by Crippen LogP contribution is 2.28. The molecule has 0 atom stereocenters. The molecule has 0 aliphatic rings. The molecule has 1 N–H and O–H groups in total. The Morgan fingerprint density at radius 3 is 1.91 bits per heavy atom. The van der Waals surface area contributed by atoms with Crippen LogP contribution in [-0.4, -0.2) is 20.7 Å². The lowest BCUT2D eigenvalue weighted by molar-refractivity contribution is -0.138. The van der Waals surface area contributed by atoms with Crippen LogP contribution in [0.2, 0.25) is 0 Å². The van der Waals surface area contributed by atoms with Gasteiger partial charge < -0.3 is 5.11 Å². The molecule has 6 heteroatoms. The van der Waals surface area contributed by atoms with Crippen LogP contribution in [-0.2, 0) is 9.59 Å². The first-order chi connectivity index (χ1) is 4.84. The van der Waals surface area contributed by atoms with Crippen molar-refractivity contribution >= 4 is 46.6 Å². The van der Waals surface area contributed by atoms with E-state index >= 15 is 0 Å². The number of carboxylic acids is 1. The number of hydrogen-bond acceptors (Lipinski definition) is 2. The van der Waals surface area contributed by atoms with E-state index in [4.69, 9.17) is 39.9 Å². The van der Waals surface area contributed by atoms with Crippen LogP contribution >= 0.6 is 34.8 Å². The smallest absolute Gasteiger partial charge is 0.303 e. The Morgan fingerprint density at radius 1 is 1.18 bits per heavy atom. The van der Waals surface area contributed by atoms with Gasteiger partial charge in [0.15, 0.2) is 5.78 Å². The Labute approximate surface area is 78.2 Å². The summed E-state index contributed by atoms with van der Waals surface area (Å²) in [6.45, 7) is 0. The molecule has 0 aliphatic heterocycles. The molecular weight excluding hydrogens is 214 g/mol. The van der Waals surface area contributed by atoms with Crippen molar-refractivity contribution in [1.29, 1.82) is 0 Å². The minimum absolute atomic E-state index is 0.258. The summed E-state index contributed by atoms with van der Waals surface area (Å²) in [5.74, 6) is -1.79. The summed E-state index contributed by atoms with van der Waals surface area (Å²) in [5, 5.41) is 8.15. The van der Waals surface area contributed by atoms with Crippen molar-refractivity contribution < 1.29 is 14.7 Å². The fourth-order valence-corrected chi connectivity index (χ4v) is 0.646. The molecular formula is C5H5Cl3O3. The van der Waals surface area contributed by atoms with Crippen LogP contribution < -0.4 is 0 Å². The van der Waals surface area contributed by atoms with E-state index in [1.54, 1.807) is 0 Å². The molecule has 0 saturated carbocycles. The molecule has 0 fully saturated rings. The van der Waals surface area contributed by atoms with Crippen LogP contribution in [0.25, 0.3) is 0 Å². The largest absolute Gasteiger partial charge is 0.481 e. The summed E-state index contributed by atoms with van der Waals surface area (Å²) in [5.41, 5.74) is 0. The lowest BCUT2D eigenvalue weighted by Crippen LogP contribution is -2.19. The molecule has 3 nitrogen and oxygen atoms in total. The highest BCUT2D eigenvalue weighted by molar-refractivity contribution is 6.76. The fourth-order valence-electron chi connectivity index (χ4n) is 0.362. The predicted octanol–water partition coefficient (Wildman–Crippen LogP) is 1.79. The van der Waals surface area contributed by atoms with Gasteiger partial charge in [0, 0.05) is 6.42 Å². The van der Waals surface area contributed by atoms with E-state index < -0.39 is 15.5 Å². The third kappa shape index (κ3) is 5.30. The minimum Gasteiger partial charge on any atom is -0.481 e. The van der Waals surface area contributed by atoms with Crippen LogP contribution in [0.3, 0.4) is 0 Å². The Hall–Kier alpha value is 0.01000. The number of rotatable bonds is 3. The number of carboxylic acid groups (broad SMARTS) is 1. The standard InChI is InChI=1S/C5H5Cl3O3/c6-5(7,8)3(9)1-2-4(10)11/h1-2H2,(H,10,11). The lowest BCUT2D eigenvalue weighted by atomic mass is 10.2. The van der Waals surface area contributed by atoms with E-state index in [-0.39, 0.29) is 12.8 Å². The van der Waals surface area contributed by atoms with Gasteiger partial charge in [-0.15, -0.1) is 0 Å². The van der Waals surface area contributed by atoms with Crippen molar-refractivity contribution in [3.05, 3.63) is 0 Å². The van der Waals surface area contributed by atoms with Crippen LogP contribution in [0.5, 0.6) is 0 Å². The van der Waals surface area contributed by atoms with Gasteiger partial charge in [0.2, 0.25) is 3.79 Å². The van der Waals surface area contributed by atoms with Gasteiger partial charge >= 0.3 is 5.97 Å². The summed E-state index contributed by atoms with van der Waals surface area (Å²) in [6, 6.07) is 0. The van der Waals surface area contributed by atoms with E-state index in [1.807, 2.05) is 0 Å². The molecule has 0 heterocycles. The summed E-state index contributed by atoms with van der Waals surface area (Å²) in [6.07, 6.45) is -0.571. The van der Waals surface area contributed by atoms with Gasteiger partial charge in [-0.2, -0.15) is 0 Å². The molecule has 0 rings (SSSR count). The molecule has 0 aromatic rings. The van der Waals surface area contributed by atoms with E-state index in [1.165, 1.54) is 0 Å². The Morgan fingerprint density at radius 2 is 1.64 bits per heavy atom. The fraction of sp³-hybridized carbons (Fsp3) is 0.600. The second kappa shape index (κ2) is 4.14. The molecule has 0 aromatic heterocycles. The number of carbonyl (C=O) groups excluding carboxylic acids is 1. The number of aliphatic carboxylic acids is 1. The zero-order valence-corrected chi connectivity index (χ0v) is 7.58. The molecule has 0 bridgehead atoms. The maximum absolute atomic E-state index is 10.7. The summed E-state index contributed by atoms with van der Waals surface area (Å²) in [4.78, 5) is 20.7. The highest BCUT2D eigenvalue weighted by Gasteiger charge is 2.29. The molecule has 0 spiro atoms. The lowest BCUT2D eigenvalue weighted by Gasteiger charge is -2.06.